The van der Waals surface area contributed by atoms with E-state index in [1.54, 1.807) is 0 Å². The van der Waals surface area contributed by atoms with E-state index in [-0.39, 0.29) is 41.9 Å². The normalized spacial score (nSPS) is 14.5. The molecule has 10 nitrogen and oxygen atoms in total. The second kappa shape index (κ2) is 11.1. The Bertz CT molecular complexity index is 855. The largest absolute Gasteiger partial charge is 0.493 e. The number of benzene rings is 1. The second-order valence-corrected chi connectivity index (χ2v) is 6.95. The van der Waals surface area contributed by atoms with Crippen LogP contribution < -0.4 is 15.2 Å². The first-order chi connectivity index (χ1) is 14.3. The van der Waals surface area contributed by atoms with E-state index < -0.39 is 17.8 Å². The summed E-state index contributed by atoms with van der Waals surface area (Å²) < 4.78 is 20.2. The zero-order valence-corrected chi connectivity index (χ0v) is 17.4. The molecule has 11 heteroatoms. The number of hydrogen-bond acceptors (Lipinski definition) is 9. The van der Waals surface area contributed by atoms with Gasteiger partial charge in [0.1, 0.15) is 0 Å². The molecule has 162 valence electrons. The van der Waals surface area contributed by atoms with E-state index in [9.17, 15) is 19.2 Å². The maximum atomic E-state index is 12.2. The summed E-state index contributed by atoms with van der Waals surface area (Å²) in [5.41, 5.74) is 5.27. The van der Waals surface area contributed by atoms with Gasteiger partial charge in [-0.15, -0.1) is 0 Å². The van der Waals surface area contributed by atoms with Gasteiger partial charge in [0.2, 0.25) is 5.91 Å². The van der Waals surface area contributed by atoms with Crippen LogP contribution in [0.1, 0.15) is 16.8 Å². The number of thioether (sulfide) groups is 1. The molecular formula is C19H22N2O8S. The minimum Gasteiger partial charge on any atom is -0.493 e. The number of esters is 2. The van der Waals surface area contributed by atoms with Gasteiger partial charge in [0.05, 0.1) is 43.2 Å². The molecule has 0 aliphatic carbocycles. The van der Waals surface area contributed by atoms with Crippen molar-refractivity contribution in [3.8, 4) is 11.5 Å². The molecule has 1 saturated heterocycles. The Kier molecular flexibility index (Phi) is 8.54. The predicted molar refractivity (Wildman–Crippen MR) is 107 cm³/mol. The van der Waals surface area contributed by atoms with Crippen molar-refractivity contribution in [1.29, 1.82) is 0 Å². The highest BCUT2D eigenvalue weighted by Crippen LogP contribution is 2.29. The molecular weight excluding hydrogens is 416 g/mol. The average molecular weight is 438 g/mol. The van der Waals surface area contributed by atoms with Crippen LogP contribution in [0.15, 0.2) is 29.3 Å². The van der Waals surface area contributed by atoms with Crippen LogP contribution in [-0.2, 0) is 23.9 Å². The first-order valence-electron chi connectivity index (χ1n) is 8.84. The minimum atomic E-state index is -0.639. The van der Waals surface area contributed by atoms with E-state index in [1.165, 1.54) is 55.2 Å². The van der Waals surface area contributed by atoms with Gasteiger partial charge in [0.15, 0.2) is 18.1 Å². The van der Waals surface area contributed by atoms with Crippen LogP contribution in [0.5, 0.6) is 11.5 Å². The Morgan fingerprint density at radius 3 is 2.67 bits per heavy atom. The van der Waals surface area contributed by atoms with Crippen LogP contribution >= 0.6 is 11.8 Å². The highest BCUT2D eigenvalue weighted by molar-refractivity contribution is 8.04. The number of primary amides is 1. The third-order valence-corrected chi connectivity index (χ3v) is 4.91. The molecule has 2 rings (SSSR count). The number of carbonyl (C=O) groups excluding carboxylic acids is 4. The van der Waals surface area contributed by atoms with Crippen LogP contribution in [0.4, 0.5) is 0 Å². The van der Waals surface area contributed by atoms with Gasteiger partial charge >= 0.3 is 11.9 Å². The Hall–Kier alpha value is -3.21. The lowest BCUT2D eigenvalue weighted by Gasteiger charge is -2.16. The lowest BCUT2D eigenvalue weighted by Crippen LogP contribution is -2.27. The summed E-state index contributed by atoms with van der Waals surface area (Å²) >= 11 is 1.25. The fraction of sp³-hybridized carbons (Fsp3) is 0.368. The first kappa shape index (κ1) is 23.1. The monoisotopic (exact) mass is 438 g/mol. The van der Waals surface area contributed by atoms with E-state index in [0.717, 1.165) is 0 Å². The van der Waals surface area contributed by atoms with Gasteiger partial charge in [-0.3, -0.25) is 9.59 Å². The van der Waals surface area contributed by atoms with Crippen LogP contribution in [0, 0.1) is 0 Å². The fourth-order valence-corrected chi connectivity index (χ4v) is 3.42. The number of amides is 2. The van der Waals surface area contributed by atoms with Gasteiger partial charge in [-0.2, -0.15) is 0 Å². The molecule has 2 N–H and O–H groups in total. The third kappa shape index (κ3) is 6.41. The molecule has 0 radical (unpaired) electrons. The Morgan fingerprint density at radius 2 is 2.00 bits per heavy atom. The van der Waals surface area contributed by atoms with Crippen molar-refractivity contribution in [2.24, 2.45) is 5.73 Å². The molecule has 30 heavy (non-hydrogen) atoms. The van der Waals surface area contributed by atoms with Gasteiger partial charge in [0.25, 0.3) is 5.91 Å². The maximum Gasteiger partial charge on any atom is 0.338 e. The number of ether oxygens (including phenoxy) is 4. The molecule has 1 fully saturated rings. The SMILES string of the molecule is COC(=O)/C=C1/SCC(=O)N1CCCOC(=O)c1ccc(OCC(N)=O)c(OC)c1. The van der Waals surface area contributed by atoms with E-state index >= 15 is 0 Å². The summed E-state index contributed by atoms with van der Waals surface area (Å²) in [6.45, 7) is 0.0479. The van der Waals surface area contributed by atoms with E-state index in [2.05, 4.69) is 4.74 Å². The van der Waals surface area contributed by atoms with Crippen molar-refractivity contribution < 1.29 is 38.1 Å². The molecule has 1 heterocycles. The summed E-state index contributed by atoms with van der Waals surface area (Å²) in [5, 5.41) is 0.509. The molecule has 0 spiro atoms. The quantitative estimate of drug-likeness (QED) is 0.318. The van der Waals surface area contributed by atoms with Crippen LogP contribution in [0.3, 0.4) is 0 Å². The number of nitrogens with two attached hydrogens (primary N) is 1. The van der Waals surface area contributed by atoms with Crippen molar-refractivity contribution >= 4 is 35.5 Å². The molecule has 0 unspecified atom stereocenters. The minimum absolute atomic E-state index is 0.0705. The van der Waals surface area contributed by atoms with Crippen molar-refractivity contribution in [1.82, 2.24) is 4.90 Å². The van der Waals surface area contributed by atoms with Crippen molar-refractivity contribution in [2.45, 2.75) is 6.42 Å². The zero-order valence-electron chi connectivity index (χ0n) is 16.5. The molecule has 1 aliphatic heterocycles. The summed E-state index contributed by atoms with van der Waals surface area (Å²) in [6.07, 6.45) is 1.64. The summed E-state index contributed by atoms with van der Waals surface area (Å²) in [6, 6.07) is 4.37. The number of nitrogens with zero attached hydrogens (tertiary/aromatic N) is 1. The standard InChI is InChI=1S/C19H22N2O8S/c1-26-14-8-12(4-5-13(14)29-10-15(20)22)19(25)28-7-3-6-21-16(23)11-30-17(21)9-18(24)27-2/h4-5,8-9H,3,6-7,10-11H2,1-2H3,(H2,20,22)/b17-9+. The smallest absolute Gasteiger partial charge is 0.338 e. The first-order valence-corrected chi connectivity index (χ1v) is 9.83. The molecule has 0 atom stereocenters. The zero-order chi connectivity index (χ0) is 22.1. The maximum absolute atomic E-state index is 12.2. The van der Waals surface area contributed by atoms with E-state index in [4.69, 9.17) is 19.9 Å². The van der Waals surface area contributed by atoms with Crippen LogP contribution in [0.2, 0.25) is 0 Å². The Labute approximate surface area is 177 Å². The molecule has 0 saturated carbocycles. The number of carbonyl (C=O) groups is 4. The number of rotatable bonds is 10. The van der Waals surface area contributed by atoms with Gasteiger partial charge < -0.3 is 29.6 Å². The summed E-state index contributed by atoms with van der Waals surface area (Å²) in [5.74, 6) is -1.13. The van der Waals surface area contributed by atoms with Gasteiger partial charge in [0, 0.05) is 6.54 Å². The third-order valence-electron chi connectivity index (χ3n) is 3.88. The molecule has 1 aromatic carbocycles. The second-order valence-electron chi connectivity index (χ2n) is 5.95. The number of hydrogen-bond donors (Lipinski definition) is 1. The van der Waals surface area contributed by atoms with Crippen molar-refractivity contribution in [3.05, 3.63) is 34.9 Å². The Morgan fingerprint density at radius 1 is 1.23 bits per heavy atom. The van der Waals surface area contributed by atoms with Gasteiger partial charge in [-0.25, -0.2) is 9.59 Å². The highest BCUT2D eigenvalue weighted by atomic mass is 32.2. The Balaban J connectivity index is 1.88. The average Bonchev–Trinajstić information content (AvgIpc) is 3.08. The van der Waals surface area contributed by atoms with Crippen LogP contribution in [0.25, 0.3) is 0 Å². The van der Waals surface area contributed by atoms with Gasteiger partial charge in [-0.1, -0.05) is 11.8 Å². The molecule has 2 amide bonds. The van der Waals surface area contributed by atoms with E-state index in [1.807, 2.05) is 0 Å². The van der Waals surface area contributed by atoms with Crippen LogP contribution in [-0.4, -0.2) is 68.4 Å². The summed E-state index contributed by atoms with van der Waals surface area (Å²) in [7, 11) is 2.65. The van der Waals surface area contributed by atoms with Gasteiger partial charge in [-0.05, 0) is 24.6 Å². The lowest BCUT2D eigenvalue weighted by molar-refractivity contribution is -0.135. The van der Waals surface area contributed by atoms with Crippen molar-refractivity contribution in [2.75, 3.05) is 39.7 Å². The fourth-order valence-electron chi connectivity index (χ4n) is 2.46. The molecule has 1 aromatic rings. The highest BCUT2D eigenvalue weighted by Gasteiger charge is 2.27. The predicted octanol–water partition coefficient (Wildman–Crippen LogP) is 0.696. The lowest BCUT2D eigenvalue weighted by atomic mass is 10.2. The molecule has 0 aromatic heterocycles. The topological polar surface area (TPSA) is 134 Å². The molecule has 0 bridgehead atoms. The van der Waals surface area contributed by atoms with Crippen molar-refractivity contribution in [3.63, 3.8) is 0 Å². The summed E-state index contributed by atoms with van der Waals surface area (Å²) in [4.78, 5) is 47.9. The number of methoxy groups -OCH3 is 2. The molecule has 1 aliphatic rings. The van der Waals surface area contributed by atoms with E-state index in [0.29, 0.717) is 18.0 Å².